The number of hydrogen-bond donors (Lipinski definition) is 2. The molecule has 2 unspecified atom stereocenters. The van der Waals surface area contributed by atoms with E-state index in [0.29, 0.717) is 12.1 Å². The third-order valence-electron chi connectivity index (χ3n) is 3.42. The molecule has 1 aliphatic rings. The molecule has 3 heteroatoms. The van der Waals surface area contributed by atoms with Crippen LogP contribution in [0.2, 0.25) is 0 Å². The van der Waals surface area contributed by atoms with Crippen LogP contribution < -0.4 is 11.3 Å². The molecule has 1 saturated carbocycles. The molecule has 0 saturated heterocycles. The van der Waals surface area contributed by atoms with Crippen LogP contribution in [0.1, 0.15) is 45.4 Å². The summed E-state index contributed by atoms with van der Waals surface area (Å²) in [6.45, 7) is 2.10. The monoisotopic (exact) mass is 200 g/mol. The van der Waals surface area contributed by atoms with Crippen molar-refractivity contribution in [2.24, 2.45) is 11.8 Å². The van der Waals surface area contributed by atoms with Gasteiger partial charge in [0, 0.05) is 13.2 Å². The SMILES string of the molecule is COC(C)CC(NN)C1CCCCC1. The predicted molar refractivity (Wildman–Crippen MR) is 58.8 cm³/mol. The summed E-state index contributed by atoms with van der Waals surface area (Å²) in [5.41, 5.74) is 2.96. The summed E-state index contributed by atoms with van der Waals surface area (Å²) in [5, 5.41) is 0. The van der Waals surface area contributed by atoms with E-state index in [4.69, 9.17) is 10.6 Å². The maximum atomic E-state index is 5.60. The minimum atomic E-state index is 0.304. The van der Waals surface area contributed by atoms with E-state index in [1.165, 1.54) is 32.1 Å². The van der Waals surface area contributed by atoms with Crippen molar-refractivity contribution in [1.82, 2.24) is 5.43 Å². The molecule has 1 rings (SSSR count). The Balaban J connectivity index is 2.35. The topological polar surface area (TPSA) is 47.3 Å². The number of hydrogen-bond acceptors (Lipinski definition) is 3. The van der Waals surface area contributed by atoms with Crippen molar-refractivity contribution < 1.29 is 4.74 Å². The van der Waals surface area contributed by atoms with Gasteiger partial charge in [-0.25, -0.2) is 0 Å². The number of nitrogens with two attached hydrogens (primary N) is 1. The van der Waals surface area contributed by atoms with Crippen LogP contribution in [0.25, 0.3) is 0 Å². The van der Waals surface area contributed by atoms with Gasteiger partial charge in [0.15, 0.2) is 0 Å². The van der Waals surface area contributed by atoms with Crippen molar-refractivity contribution in [2.45, 2.75) is 57.6 Å². The van der Waals surface area contributed by atoms with Crippen LogP contribution >= 0.6 is 0 Å². The van der Waals surface area contributed by atoms with Crippen LogP contribution in [0, 0.1) is 5.92 Å². The van der Waals surface area contributed by atoms with Crippen molar-refractivity contribution in [1.29, 1.82) is 0 Å². The molecular weight excluding hydrogens is 176 g/mol. The summed E-state index contributed by atoms with van der Waals surface area (Å²) in [4.78, 5) is 0. The molecule has 0 bridgehead atoms. The Labute approximate surface area is 87.4 Å². The highest BCUT2D eigenvalue weighted by molar-refractivity contribution is 4.79. The van der Waals surface area contributed by atoms with Gasteiger partial charge in [-0.2, -0.15) is 0 Å². The fourth-order valence-electron chi connectivity index (χ4n) is 2.39. The Morgan fingerprint density at radius 2 is 2.00 bits per heavy atom. The van der Waals surface area contributed by atoms with Gasteiger partial charge in [-0.3, -0.25) is 11.3 Å². The normalized spacial score (nSPS) is 23.4. The summed E-state index contributed by atoms with van der Waals surface area (Å²) in [6, 6.07) is 0.435. The minimum absolute atomic E-state index is 0.304. The van der Waals surface area contributed by atoms with E-state index in [9.17, 15) is 0 Å². The van der Waals surface area contributed by atoms with Gasteiger partial charge in [0.1, 0.15) is 0 Å². The Morgan fingerprint density at radius 1 is 1.36 bits per heavy atom. The van der Waals surface area contributed by atoms with E-state index in [1.807, 2.05) is 0 Å². The second-order valence-corrected chi connectivity index (χ2v) is 4.45. The zero-order chi connectivity index (χ0) is 10.4. The van der Waals surface area contributed by atoms with Crippen molar-refractivity contribution >= 4 is 0 Å². The van der Waals surface area contributed by atoms with Crippen LogP contribution in [0.15, 0.2) is 0 Å². The lowest BCUT2D eigenvalue weighted by Crippen LogP contribution is -2.43. The number of rotatable bonds is 5. The summed E-state index contributed by atoms with van der Waals surface area (Å²) in [7, 11) is 1.76. The first-order valence-corrected chi connectivity index (χ1v) is 5.76. The average molecular weight is 200 g/mol. The van der Waals surface area contributed by atoms with Gasteiger partial charge >= 0.3 is 0 Å². The van der Waals surface area contributed by atoms with E-state index in [0.717, 1.165) is 12.3 Å². The molecule has 0 aromatic carbocycles. The van der Waals surface area contributed by atoms with Gasteiger partial charge in [-0.15, -0.1) is 0 Å². The number of ether oxygens (including phenoxy) is 1. The fraction of sp³-hybridized carbons (Fsp3) is 1.00. The lowest BCUT2D eigenvalue weighted by molar-refractivity contribution is 0.0873. The van der Waals surface area contributed by atoms with Crippen LogP contribution in [0.5, 0.6) is 0 Å². The molecule has 1 fully saturated rings. The Bertz CT molecular complexity index is 146. The second kappa shape index (κ2) is 6.38. The zero-order valence-electron chi connectivity index (χ0n) is 9.46. The van der Waals surface area contributed by atoms with Crippen LogP contribution in [0.4, 0.5) is 0 Å². The fourth-order valence-corrected chi connectivity index (χ4v) is 2.39. The zero-order valence-corrected chi connectivity index (χ0v) is 9.46. The molecule has 0 heterocycles. The molecule has 0 amide bonds. The van der Waals surface area contributed by atoms with E-state index in [2.05, 4.69) is 12.3 Å². The average Bonchev–Trinajstić information content (AvgIpc) is 2.26. The van der Waals surface area contributed by atoms with E-state index >= 15 is 0 Å². The molecule has 3 N–H and O–H groups in total. The summed E-state index contributed by atoms with van der Waals surface area (Å²) >= 11 is 0. The Kier molecular flexibility index (Phi) is 5.45. The smallest absolute Gasteiger partial charge is 0.0558 e. The first kappa shape index (κ1) is 12.0. The molecule has 0 aromatic rings. The molecule has 2 atom stereocenters. The van der Waals surface area contributed by atoms with Gasteiger partial charge < -0.3 is 4.74 Å². The minimum Gasteiger partial charge on any atom is -0.382 e. The van der Waals surface area contributed by atoms with Gasteiger partial charge in [0.2, 0.25) is 0 Å². The van der Waals surface area contributed by atoms with Gasteiger partial charge in [-0.1, -0.05) is 19.3 Å². The predicted octanol–water partition coefficient (Wildman–Crippen LogP) is 1.82. The third kappa shape index (κ3) is 3.56. The number of methoxy groups -OCH3 is 1. The van der Waals surface area contributed by atoms with Gasteiger partial charge in [0.25, 0.3) is 0 Å². The lowest BCUT2D eigenvalue weighted by Gasteiger charge is -2.31. The second-order valence-electron chi connectivity index (χ2n) is 4.45. The van der Waals surface area contributed by atoms with Crippen molar-refractivity contribution in [3.05, 3.63) is 0 Å². The quantitative estimate of drug-likeness (QED) is 0.526. The van der Waals surface area contributed by atoms with Gasteiger partial charge in [0.05, 0.1) is 6.10 Å². The summed E-state index contributed by atoms with van der Waals surface area (Å²) in [6.07, 6.45) is 8.11. The Morgan fingerprint density at radius 3 is 2.50 bits per heavy atom. The summed E-state index contributed by atoms with van der Waals surface area (Å²) < 4.78 is 5.28. The standard InChI is InChI=1S/C11H24N2O/c1-9(14-2)8-11(13-12)10-6-4-3-5-7-10/h9-11,13H,3-8,12H2,1-2H3. The highest BCUT2D eigenvalue weighted by Crippen LogP contribution is 2.28. The molecule has 0 aromatic heterocycles. The van der Waals surface area contributed by atoms with Crippen molar-refractivity contribution in [2.75, 3.05) is 7.11 Å². The first-order chi connectivity index (χ1) is 6.77. The first-order valence-electron chi connectivity index (χ1n) is 5.76. The highest BCUT2D eigenvalue weighted by Gasteiger charge is 2.23. The highest BCUT2D eigenvalue weighted by atomic mass is 16.5. The van der Waals surface area contributed by atoms with Crippen LogP contribution in [-0.4, -0.2) is 19.3 Å². The molecule has 0 aliphatic heterocycles. The lowest BCUT2D eigenvalue weighted by atomic mass is 9.82. The molecule has 84 valence electrons. The van der Waals surface area contributed by atoms with E-state index in [-0.39, 0.29) is 0 Å². The van der Waals surface area contributed by atoms with Crippen molar-refractivity contribution in [3.8, 4) is 0 Å². The van der Waals surface area contributed by atoms with Crippen LogP contribution in [-0.2, 0) is 4.74 Å². The molecule has 3 nitrogen and oxygen atoms in total. The molecule has 0 radical (unpaired) electrons. The van der Waals surface area contributed by atoms with E-state index < -0.39 is 0 Å². The van der Waals surface area contributed by atoms with Crippen molar-refractivity contribution in [3.63, 3.8) is 0 Å². The van der Waals surface area contributed by atoms with Crippen LogP contribution in [0.3, 0.4) is 0 Å². The maximum absolute atomic E-state index is 5.60. The van der Waals surface area contributed by atoms with Gasteiger partial charge in [-0.05, 0) is 32.1 Å². The van der Waals surface area contributed by atoms with E-state index in [1.54, 1.807) is 7.11 Å². The Hall–Kier alpha value is -0.120. The molecule has 0 spiro atoms. The number of hydrazine groups is 1. The number of nitrogens with one attached hydrogen (secondary N) is 1. The maximum Gasteiger partial charge on any atom is 0.0558 e. The molecular formula is C11H24N2O. The molecule has 14 heavy (non-hydrogen) atoms. The third-order valence-corrected chi connectivity index (χ3v) is 3.42. The molecule has 1 aliphatic carbocycles. The largest absolute Gasteiger partial charge is 0.382 e. The summed E-state index contributed by atoms with van der Waals surface area (Å²) in [5.74, 6) is 6.36.